The highest BCUT2D eigenvalue weighted by Gasteiger charge is 2.21. The quantitative estimate of drug-likeness (QED) is 0.761. The van der Waals surface area contributed by atoms with Crippen LogP contribution in [0.1, 0.15) is 63.2 Å². The van der Waals surface area contributed by atoms with Gasteiger partial charge in [0.05, 0.1) is 0 Å². The molecule has 1 N–H and O–H groups in total. The lowest BCUT2D eigenvalue weighted by atomic mass is 9.90. The summed E-state index contributed by atoms with van der Waals surface area (Å²) in [5.74, 6) is 2.74. The van der Waals surface area contributed by atoms with Gasteiger partial charge in [-0.05, 0) is 38.8 Å². The lowest BCUT2D eigenvalue weighted by molar-refractivity contribution is 0.357. The summed E-state index contributed by atoms with van der Waals surface area (Å²) in [5.41, 5.74) is 1.34. The Labute approximate surface area is 106 Å². The predicted octanol–water partition coefficient (Wildman–Crippen LogP) is 4.37. The first kappa shape index (κ1) is 14.3. The van der Waals surface area contributed by atoms with E-state index >= 15 is 0 Å². The molecule has 0 saturated carbocycles. The van der Waals surface area contributed by atoms with Crippen molar-refractivity contribution in [2.45, 2.75) is 59.9 Å². The van der Waals surface area contributed by atoms with Crippen molar-refractivity contribution in [3.05, 3.63) is 23.2 Å². The Kier molecular flexibility index (Phi) is 5.76. The van der Waals surface area contributed by atoms with Crippen LogP contribution in [-0.4, -0.2) is 6.54 Å². The summed E-state index contributed by atoms with van der Waals surface area (Å²) in [6.07, 6.45) is 3.85. The minimum Gasteiger partial charge on any atom is -0.466 e. The van der Waals surface area contributed by atoms with Gasteiger partial charge < -0.3 is 9.73 Å². The van der Waals surface area contributed by atoms with Crippen LogP contribution in [0, 0.1) is 19.8 Å². The topological polar surface area (TPSA) is 25.2 Å². The Morgan fingerprint density at radius 2 is 2.00 bits per heavy atom. The van der Waals surface area contributed by atoms with E-state index in [0.717, 1.165) is 18.1 Å². The Bertz CT molecular complexity index is 330. The molecule has 1 aromatic rings. The lowest BCUT2D eigenvalue weighted by Gasteiger charge is -2.24. The zero-order valence-corrected chi connectivity index (χ0v) is 12.0. The normalized spacial score (nSPS) is 14.9. The Morgan fingerprint density at radius 3 is 2.47 bits per heavy atom. The average Bonchev–Trinajstić information content (AvgIpc) is 2.62. The summed E-state index contributed by atoms with van der Waals surface area (Å²) in [7, 11) is 0. The van der Waals surface area contributed by atoms with E-state index < -0.39 is 0 Å². The van der Waals surface area contributed by atoms with Crippen molar-refractivity contribution in [1.82, 2.24) is 5.32 Å². The van der Waals surface area contributed by atoms with E-state index in [9.17, 15) is 0 Å². The molecular formula is C15H27NO. The van der Waals surface area contributed by atoms with Crippen LogP contribution in [0.3, 0.4) is 0 Å². The van der Waals surface area contributed by atoms with E-state index in [1.807, 2.05) is 6.92 Å². The van der Waals surface area contributed by atoms with Crippen LogP contribution in [0.25, 0.3) is 0 Å². The van der Waals surface area contributed by atoms with E-state index in [4.69, 9.17) is 4.42 Å². The molecule has 0 aliphatic rings. The number of aryl methyl sites for hydroxylation is 2. The van der Waals surface area contributed by atoms with E-state index in [0.29, 0.717) is 12.0 Å². The highest BCUT2D eigenvalue weighted by Crippen LogP contribution is 2.30. The zero-order chi connectivity index (χ0) is 12.8. The summed E-state index contributed by atoms with van der Waals surface area (Å²) in [6, 6.07) is 2.62. The summed E-state index contributed by atoms with van der Waals surface area (Å²) < 4.78 is 5.66. The zero-order valence-electron chi connectivity index (χ0n) is 12.0. The summed E-state index contributed by atoms with van der Waals surface area (Å²) in [4.78, 5) is 0. The smallest absolute Gasteiger partial charge is 0.105 e. The summed E-state index contributed by atoms with van der Waals surface area (Å²) >= 11 is 0. The number of nitrogens with one attached hydrogen (secondary N) is 1. The first-order valence-corrected chi connectivity index (χ1v) is 6.90. The number of unbranched alkanes of at least 4 members (excludes halogenated alkanes) is 1. The standard InChI is InChI=1S/C15H27NO/c1-6-8-9-11(3)15(16-7-2)14-10-12(4)17-13(14)5/h10-11,15-16H,6-9H2,1-5H3. The van der Waals surface area contributed by atoms with E-state index in [1.54, 1.807) is 0 Å². The van der Waals surface area contributed by atoms with E-state index in [2.05, 4.69) is 39.1 Å². The van der Waals surface area contributed by atoms with Crippen LogP contribution in [-0.2, 0) is 0 Å². The summed E-state index contributed by atoms with van der Waals surface area (Å²) in [6.45, 7) is 11.9. The molecule has 0 amide bonds. The minimum absolute atomic E-state index is 0.434. The summed E-state index contributed by atoms with van der Waals surface area (Å²) in [5, 5.41) is 3.60. The van der Waals surface area contributed by atoms with Crippen LogP contribution in [0.15, 0.2) is 10.5 Å². The maximum Gasteiger partial charge on any atom is 0.105 e. The molecule has 17 heavy (non-hydrogen) atoms. The fraction of sp³-hybridized carbons (Fsp3) is 0.733. The number of hydrogen-bond donors (Lipinski definition) is 1. The molecule has 2 heteroatoms. The number of furan rings is 1. The van der Waals surface area contributed by atoms with Crippen molar-refractivity contribution in [3.8, 4) is 0 Å². The molecule has 0 saturated heterocycles. The highest BCUT2D eigenvalue weighted by atomic mass is 16.3. The lowest BCUT2D eigenvalue weighted by Crippen LogP contribution is -2.27. The molecule has 0 radical (unpaired) electrons. The Hall–Kier alpha value is -0.760. The predicted molar refractivity (Wildman–Crippen MR) is 73.3 cm³/mol. The van der Waals surface area contributed by atoms with Gasteiger partial charge in [-0.3, -0.25) is 0 Å². The average molecular weight is 237 g/mol. The van der Waals surface area contributed by atoms with Crippen molar-refractivity contribution in [1.29, 1.82) is 0 Å². The van der Waals surface area contributed by atoms with Gasteiger partial charge in [0, 0.05) is 11.6 Å². The molecule has 2 nitrogen and oxygen atoms in total. The van der Waals surface area contributed by atoms with E-state index in [1.165, 1.54) is 24.8 Å². The third-order valence-corrected chi connectivity index (χ3v) is 3.42. The van der Waals surface area contributed by atoms with Crippen LogP contribution in [0.5, 0.6) is 0 Å². The second-order valence-electron chi connectivity index (χ2n) is 5.02. The maximum atomic E-state index is 5.66. The molecule has 1 aromatic heterocycles. The first-order chi connectivity index (χ1) is 8.10. The fourth-order valence-corrected chi connectivity index (χ4v) is 2.49. The molecule has 1 rings (SSSR count). The number of rotatable bonds is 7. The first-order valence-electron chi connectivity index (χ1n) is 6.90. The molecule has 0 fully saturated rings. The van der Waals surface area contributed by atoms with Gasteiger partial charge in [0.25, 0.3) is 0 Å². The monoisotopic (exact) mass is 237 g/mol. The van der Waals surface area contributed by atoms with Crippen molar-refractivity contribution in [2.24, 2.45) is 5.92 Å². The van der Waals surface area contributed by atoms with Gasteiger partial charge >= 0.3 is 0 Å². The van der Waals surface area contributed by atoms with Crippen LogP contribution < -0.4 is 5.32 Å². The minimum atomic E-state index is 0.434. The van der Waals surface area contributed by atoms with Crippen LogP contribution in [0.4, 0.5) is 0 Å². The molecule has 2 unspecified atom stereocenters. The van der Waals surface area contributed by atoms with Crippen LogP contribution in [0.2, 0.25) is 0 Å². The third-order valence-electron chi connectivity index (χ3n) is 3.42. The molecule has 0 bridgehead atoms. The molecule has 2 atom stereocenters. The van der Waals surface area contributed by atoms with Gasteiger partial charge in [0.15, 0.2) is 0 Å². The molecule has 98 valence electrons. The molecular weight excluding hydrogens is 210 g/mol. The Morgan fingerprint density at radius 1 is 1.29 bits per heavy atom. The largest absolute Gasteiger partial charge is 0.466 e. The highest BCUT2D eigenvalue weighted by molar-refractivity contribution is 5.24. The van der Waals surface area contributed by atoms with Crippen LogP contribution >= 0.6 is 0 Å². The molecule has 0 spiro atoms. The Balaban J connectivity index is 2.80. The van der Waals surface area contributed by atoms with Gasteiger partial charge in [0.2, 0.25) is 0 Å². The van der Waals surface area contributed by atoms with Gasteiger partial charge in [0.1, 0.15) is 11.5 Å². The van der Waals surface area contributed by atoms with E-state index in [-0.39, 0.29) is 0 Å². The van der Waals surface area contributed by atoms with Gasteiger partial charge in [-0.1, -0.05) is 33.6 Å². The third kappa shape index (κ3) is 3.88. The molecule has 0 aliphatic heterocycles. The van der Waals surface area contributed by atoms with Crippen molar-refractivity contribution in [2.75, 3.05) is 6.54 Å². The second-order valence-corrected chi connectivity index (χ2v) is 5.02. The van der Waals surface area contributed by atoms with Crippen molar-refractivity contribution < 1.29 is 4.42 Å². The maximum absolute atomic E-state index is 5.66. The molecule has 0 aliphatic carbocycles. The van der Waals surface area contributed by atoms with Gasteiger partial charge in [-0.2, -0.15) is 0 Å². The number of hydrogen-bond acceptors (Lipinski definition) is 2. The molecule has 1 heterocycles. The second kappa shape index (κ2) is 6.85. The van der Waals surface area contributed by atoms with Crippen molar-refractivity contribution in [3.63, 3.8) is 0 Å². The van der Waals surface area contributed by atoms with Crippen molar-refractivity contribution >= 4 is 0 Å². The van der Waals surface area contributed by atoms with Gasteiger partial charge in [-0.15, -0.1) is 0 Å². The SMILES string of the molecule is CCCCC(C)C(NCC)c1cc(C)oc1C. The fourth-order valence-electron chi connectivity index (χ4n) is 2.49. The molecule has 0 aromatic carbocycles. The van der Waals surface area contributed by atoms with Gasteiger partial charge in [-0.25, -0.2) is 0 Å².